The molecule has 0 unspecified atom stereocenters. The van der Waals surface area contributed by atoms with Crippen LogP contribution in [0.1, 0.15) is 10.6 Å². The minimum atomic E-state index is -4.04. The average Bonchev–Trinajstić information content (AvgIpc) is 2.99. The maximum Gasteiger partial charge on any atom is 0.286 e. The molecule has 3 aromatic rings. The highest BCUT2D eigenvalue weighted by molar-refractivity contribution is 7.92. The Morgan fingerprint density at radius 1 is 1.08 bits per heavy atom. The second kappa shape index (κ2) is 6.60. The van der Waals surface area contributed by atoms with Gasteiger partial charge in [-0.05, 0) is 24.3 Å². The van der Waals surface area contributed by atoms with Gasteiger partial charge in [0.25, 0.3) is 15.9 Å². The van der Waals surface area contributed by atoms with E-state index in [2.05, 4.69) is 4.72 Å². The first-order valence-electron chi connectivity index (χ1n) is 7.43. The molecule has 0 aliphatic heterocycles. The van der Waals surface area contributed by atoms with Gasteiger partial charge in [-0.25, -0.2) is 8.42 Å². The summed E-state index contributed by atoms with van der Waals surface area (Å²) in [6, 6.07) is 10.8. The monoisotopic (exact) mass is 376 g/mol. The van der Waals surface area contributed by atoms with Gasteiger partial charge in [0.1, 0.15) is 11.3 Å². The minimum absolute atomic E-state index is 0.0112. The Morgan fingerprint density at radius 3 is 2.42 bits per heavy atom. The summed E-state index contributed by atoms with van der Waals surface area (Å²) in [5.74, 6) is -0.512. The van der Waals surface area contributed by atoms with E-state index in [0.29, 0.717) is 16.7 Å². The van der Waals surface area contributed by atoms with Gasteiger partial charge in [0, 0.05) is 11.5 Å². The van der Waals surface area contributed by atoms with E-state index in [9.17, 15) is 13.2 Å². The van der Waals surface area contributed by atoms with Crippen LogP contribution >= 0.6 is 0 Å². The molecular weight excluding hydrogens is 360 g/mol. The van der Waals surface area contributed by atoms with Gasteiger partial charge < -0.3 is 19.6 Å². The summed E-state index contributed by atoms with van der Waals surface area (Å²) in [5, 5.41) is 0.422. The summed E-state index contributed by atoms with van der Waals surface area (Å²) in [7, 11) is -1.20. The summed E-state index contributed by atoms with van der Waals surface area (Å²) < 4.78 is 43.6. The van der Waals surface area contributed by atoms with Crippen molar-refractivity contribution in [2.45, 2.75) is 4.90 Å². The van der Waals surface area contributed by atoms with Crippen LogP contribution in [0.2, 0.25) is 0 Å². The fraction of sp³-hybridized carbons (Fsp3) is 0.118. The first-order chi connectivity index (χ1) is 12.4. The van der Waals surface area contributed by atoms with E-state index in [1.165, 1.54) is 32.4 Å². The zero-order chi connectivity index (χ0) is 18.9. The van der Waals surface area contributed by atoms with Crippen molar-refractivity contribution in [2.75, 3.05) is 18.9 Å². The van der Waals surface area contributed by atoms with Crippen LogP contribution in [0.15, 0.2) is 51.8 Å². The number of para-hydroxylation sites is 1. The number of sulfonamides is 1. The van der Waals surface area contributed by atoms with Gasteiger partial charge in [-0.3, -0.25) is 9.52 Å². The van der Waals surface area contributed by atoms with Crippen molar-refractivity contribution in [3.05, 3.63) is 48.2 Å². The fourth-order valence-electron chi connectivity index (χ4n) is 2.50. The van der Waals surface area contributed by atoms with Crippen molar-refractivity contribution in [1.29, 1.82) is 0 Å². The topological polar surface area (TPSA) is 121 Å². The van der Waals surface area contributed by atoms with Crippen molar-refractivity contribution in [2.24, 2.45) is 5.73 Å². The highest BCUT2D eigenvalue weighted by atomic mass is 32.2. The molecule has 0 bridgehead atoms. The molecule has 8 nitrogen and oxygen atoms in total. The SMILES string of the molecule is COc1ccc(S(=O)(=O)Nc2c(C(N)=O)oc3ccccc23)cc1OC. The largest absolute Gasteiger partial charge is 0.493 e. The molecule has 0 radical (unpaired) electrons. The molecule has 1 amide bonds. The molecular formula is C17H16N2O6S. The van der Waals surface area contributed by atoms with E-state index in [1.807, 2.05) is 0 Å². The van der Waals surface area contributed by atoms with Crippen molar-refractivity contribution in [3.63, 3.8) is 0 Å². The van der Waals surface area contributed by atoms with Crippen LogP contribution in [0.5, 0.6) is 11.5 Å². The second-order valence-electron chi connectivity index (χ2n) is 5.29. The molecule has 0 aliphatic carbocycles. The lowest BCUT2D eigenvalue weighted by molar-refractivity contribution is 0.0977. The number of carbonyl (C=O) groups excluding carboxylic acids is 1. The number of ether oxygens (including phenoxy) is 2. The smallest absolute Gasteiger partial charge is 0.286 e. The summed E-state index contributed by atoms with van der Waals surface area (Å²) in [4.78, 5) is 11.6. The van der Waals surface area contributed by atoms with Gasteiger partial charge >= 0.3 is 0 Å². The van der Waals surface area contributed by atoms with Gasteiger partial charge in [-0.2, -0.15) is 0 Å². The number of fused-ring (bicyclic) bond motifs is 1. The Hall–Kier alpha value is -3.20. The normalized spacial score (nSPS) is 11.3. The molecule has 0 spiro atoms. The van der Waals surface area contributed by atoms with E-state index in [-0.39, 0.29) is 22.1 Å². The molecule has 0 saturated heterocycles. The van der Waals surface area contributed by atoms with Gasteiger partial charge in [0.05, 0.1) is 19.1 Å². The molecule has 9 heteroatoms. The van der Waals surface area contributed by atoms with Gasteiger partial charge in [-0.1, -0.05) is 12.1 Å². The second-order valence-corrected chi connectivity index (χ2v) is 6.97. The summed E-state index contributed by atoms with van der Waals surface area (Å²) in [6.07, 6.45) is 0. The molecule has 0 atom stereocenters. The molecule has 2 aromatic carbocycles. The van der Waals surface area contributed by atoms with E-state index >= 15 is 0 Å². The number of hydrogen-bond donors (Lipinski definition) is 2. The average molecular weight is 376 g/mol. The first-order valence-corrected chi connectivity index (χ1v) is 8.92. The van der Waals surface area contributed by atoms with E-state index < -0.39 is 15.9 Å². The lowest BCUT2D eigenvalue weighted by atomic mass is 10.2. The lowest BCUT2D eigenvalue weighted by Crippen LogP contribution is -2.17. The van der Waals surface area contributed by atoms with Crippen LogP contribution < -0.4 is 19.9 Å². The van der Waals surface area contributed by atoms with Crippen molar-refractivity contribution >= 4 is 32.6 Å². The molecule has 26 heavy (non-hydrogen) atoms. The van der Waals surface area contributed by atoms with Crippen LogP contribution in [0, 0.1) is 0 Å². The van der Waals surface area contributed by atoms with Crippen LogP contribution in [0.25, 0.3) is 11.0 Å². The Balaban J connectivity index is 2.10. The quantitative estimate of drug-likeness (QED) is 0.681. The fourth-order valence-corrected chi connectivity index (χ4v) is 3.60. The van der Waals surface area contributed by atoms with Gasteiger partial charge in [-0.15, -0.1) is 0 Å². The molecule has 0 aliphatic rings. The van der Waals surface area contributed by atoms with Gasteiger partial charge in [0.2, 0.25) is 5.76 Å². The summed E-state index contributed by atoms with van der Waals surface area (Å²) in [6.45, 7) is 0. The highest BCUT2D eigenvalue weighted by Gasteiger charge is 2.24. The molecule has 0 fully saturated rings. The number of carbonyl (C=O) groups is 1. The first kappa shape index (κ1) is 17.6. The molecule has 0 saturated carbocycles. The highest BCUT2D eigenvalue weighted by Crippen LogP contribution is 2.34. The standard InChI is InChI=1S/C17H16N2O6S/c1-23-13-8-7-10(9-14(13)24-2)26(21,22)19-15-11-5-3-4-6-12(11)25-16(15)17(18)20/h3-9,19H,1-2H3,(H2,18,20). The molecule has 1 aromatic heterocycles. The third-order valence-electron chi connectivity index (χ3n) is 3.72. The zero-order valence-corrected chi connectivity index (χ0v) is 14.8. The lowest BCUT2D eigenvalue weighted by Gasteiger charge is -2.11. The number of benzene rings is 2. The maximum absolute atomic E-state index is 12.8. The van der Waals surface area contributed by atoms with Crippen LogP contribution in [0.3, 0.4) is 0 Å². The van der Waals surface area contributed by atoms with Crippen molar-refractivity contribution < 1.29 is 27.1 Å². The Morgan fingerprint density at radius 2 is 1.77 bits per heavy atom. The Kier molecular flexibility index (Phi) is 4.47. The third kappa shape index (κ3) is 3.04. The van der Waals surface area contributed by atoms with E-state index in [1.54, 1.807) is 24.3 Å². The van der Waals surface area contributed by atoms with Crippen molar-refractivity contribution in [3.8, 4) is 11.5 Å². The molecule has 3 N–H and O–H groups in total. The number of hydrogen-bond acceptors (Lipinski definition) is 6. The number of nitrogens with two attached hydrogens (primary N) is 1. The number of rotatable bonds is 6. The van der Waals surface area contributed by atoms with Gasteiger partial charge in [0.15, 0.2) is 11.5 Å². The minimum Gasteiger partial charge on any atom is -0.493 e. The van der Waals surface area contributed by atoms with Crippen LogP contribution in [-0.2, 0) is 10.0 Å². The number of furan rings is 1. The number of amides is 1. The third-order valence-corrected chi connectivity index (χ3v) is 5.07. The molecule has 3 rings (SSSR count). The number of methoxy groups -OCH3 is 2. The van der Waals surface area contributed by atoms with Crippen LogP contribution in [-0.4, -0.2) is 28.5 Å². The predicted octanol–water partition coefficient (Wildman–Crippen LogP) is 2.35. The summed E-state index contributed by atoms with van der Waals surface area (Å²) >= 11 is 0. The molecule has 136 valence electrons. The number of primary amides is 1. The Bertz CT molecular complexity index is 1090. The maximum atomic E-state index is 12.8. The van der Waals surface area contributed by atoms with E-state index in [4.69, 9.17) is 19.6 Å². The van der Waals surface area contributed by atoms with Crippen LogP contribution in [0.4, 0.5) is 5.69 Å². The molecule has 1 heterocycles. The Labute approximate surface area is 149 Å². The number of nitrogens with one attached hydrogen (secondary N) is 1. The van der Waals surface area contributed by atoms with E-state index in [0.717, 1.165) is 0 Å². The zero-order valence-electron chi connectivity index (χ0n) is 14.0. The predicted molar refractivity (Wildman–Crippen MR) is 95.1 cm³/mol. The summed E-state index contributed by atoms with van der Waals surface area (Å²) in [5.41, 5.74) is 5.64. The van der Waals surface area contributed by atoms with Crippen molar-refractivity contribution in [1.82, 2.24) is 0 Å². The number of anilines is 1.